The highest BCUT2D eigenvalue weighted by Crippen LogP contribution is 2.24. The number of hydrogen-bond donors (Lipinski definition) is 1. The van der Waals surface area contributed by atoms with Gasteiger partial charge in [0, 0.05) is 23.1 Å². The lowest BCUT2D eigenvalue weighted by Crippen LogP contribution is -2.23. The van der Waals surface area contributed by atoms with E-state index in [2.05, 4.69) is 24.3 Å². The molecule has 0 bridgehead atoms. The van der Waals surface area contributed by atoms with Gasteiger partial charge in [-0.3, -0.25) is 9.48 Å². The lowest BCUT2D eigenvalue weighted by atomic mass is 10.1. The van der Waals surface area contributed by atoms with Crippen molar-refractivity contribution in [2.45, 2.75) is 26.4 Å². The van der Waals surface area contributed by atoms with E-state index in [1.54, 1.807) is 32.4 Å². The summed E-state index contributed by atoms with van der Waals surface area (Å²) in [7, 11) is 3.11. The molecule has 0 unspecified atom stereocenters. The maximum Gasteiger partial charge on any atom is 0.251 e. The summed E-state index contributed by atoms with van der Waals surface area (Å²) in [4.78, 5) is 12.6. The Balaban J connectivity index is 1.83. The van der Waals surface area contributed by atoms with Crippen molar-refractivity contribution in [1.29, 1.82) is 0 Å². The highest BCUT2D eigenvalue weighted by Gasteiger charge is 2.14. The summed E-state index contributed by atoms with van der Waals surface area (Å²) in [6.45, 7) is 4.52. The number of nitrogens with one attached hydrogen (secondary N) is 1. The minimum Gasteiger partial charge on any atom is -0.497 e. The second-order valence-electron chi connectivity index (χ2n) is 6.29. The topological polar surface area (TPSA) is 65.4 Å². The van der Waals surface area contributed by atoms with Crippen LogP contribution in [-0.4, -0.2) is 29.9 Å². The smallest absolute Gasteiger partial charge is 0.251 e. The fraction of sp³-hybridized carbons (Fsp3) is 0.300. The van der Waals surface area contributed by atoms with Crippen molar-refractivity contribution >= 4 is 16.8 Å². The third-order valence-electron chi connectivity index (χ3n) is 4.21. The van der Waals surface area contributed by atoms with Crippen molar-refractivity contribution < 1.29 is 14.3 Å². The largest absolute Gasteiger partial charge is 0.497 e. The van der Waals surface area contributed by atoms with Crippen LogP contribution in [0.5, 0.6) is 11.5 Å². The number of fused-ring (bicyclic) bond motifs is 1. The van der Waals surface area contributed by atoms with Crippen LogP contribution in [0, 0.1) is 0 Å². The van der Waals surface area contributed by atoms with Crippen LogP contribution in [-0.2, 0) is 6.54 Å². The van der Waals surface area contributed by atoms with E-state index in [0.717, 1.165) is 16.6 Å². The van der Waals surface area contributed by atoms with Crippen LogP contribution in [0.3, 0.4) is 0 Å². The van der Waals surface area contributed by atoms with E-state index in [9.17, 15) is 4.79 Å². The first-order valence-corrected chi connectivity index (χ1v) is 8.51. The zero-order chi connectivity index (χ0) is 18.7. The number of nitrogens with zero attached hydrogens (tertiary/aromatic N) is 2. The van der Waals surface area contributed by atoms with E-state index in [4.69, 9.17) is 9.47 Å². The summed E-state index contributed by atoms with van der Waals surface area (Å²) >= 11 is 0. The Labute approximate surface area is 152 Å². The summed E-state index contributed by atoms with van der Waals surface area (Å²) in [6, 6.07) is 13.4. The Morgan fingerprint density at radius 1 is 1.12 bits per heavy atom. The van der Waals surface area contributed by atoms with E-state index >= 15 is 0 Å². The van der Waals surface area contributed by atoms with Gasteiger partial charge in [-0.05, 0) is 32.0 Å². The predicted molar refractivity (Wildman–Crippen MR) is 101 cm³/mol. The fourth-order valence-electron chi connectivity index (χ4n) is 2.88. The molecule has 0 spiro atoms. The zero-order valence-corrected chi connectivity index (χ0v) is 15.4. The fourth-order valence-corrected chi connectivity index (χ4v) is 2.88. The lowest BCUT2D eigenvalue weighted by Gasteiger charge is -2.09. The van der Waals surface area contributed by atoms with Gasteiger partial charge in [-0.2, -0.15) is 5.10 Å². The van der Waals surface area contributed by atoms with E-state index in [1.165, 1.54) is 0 Å². The molecule has 0 saturated carbocycles. The summed E-state index contributed by atoms with van der Waals surface area (Å²) < 4.78 is 12.4. The Kier molecular flexibility index (Phi) is 5.11. The number of carbonyl (C=O) groups is 1. The predicted octanol–water partition coefficient (Wildman–Crippen LogP) is 3.56. The van der Waals surface area contributed by atoms with Crippen molar-refractivity contribution in [3.8, 4) is 11.5 Å². The van der Waals surface area contributed by atoms with Gasteiger partial charge in [0.05, 0.1) is 32.0 Å². The lowest BCUT2D eigenvalue weighted by molar-refractivity contribution is 0.0949. The molecule has 3 rings (SSSR count). The number of aromatic nitrogens is 2. The Hall–Kier alpha value is -3.02. The monoisotopic (exact) mass is 353 g/mol. The average molecular weight is 353 g/mol. The molecule has 0 atom stereocenters. The second kappa shape index (κ2) is 7.47. The molecule has 0 fully saturated rings. The zero-order valence-electron chi connectivity index (χ0n) is 15.4. The number of methoxy groups -OCH3 is 2. The number of para-hydroxylation sites is 1. The first-order valence-electron chi connectivity index (χ1n) is 8.51. The van der Waals surface area contributed by atoms with Gasteiger partial charge in [-0.25, -0.2) is 0 Å². The molecule has 0 saturated heterocycles. The Morgan fingerprint density at radius 3 is 2.38 bits per heavy atom. The molecule has 0 aliphatic heterocycles. The van der Waals surface area contributed by atoms with Crippen molar-refractivity contribution in [3.63, 3.8) is 0 Å². The third-order valence-corrected chi connectivity index (χ3v) is 4.21. The molecular weight excluding hydrogens is 330 g/mol. The first kappa shape index (κ1) is 17.8. The minimum atomic E-state index is -0.203. The van der Waals surface area contributed by atoms with Gasteiger partial charge in [0.15, 0.2) is 0 Å². The number of amides is 1. The van der Waals surface area contributed by atoms with Gasteiger partial charge in [-0.15, -0.1) is 0 Å². The van der Waals surface area contributed by atoms with Gasteiger partial charge >= 0.3 is 0 Å². The van der Waals surface area contributed by atoms with Gasteiger partial charge in [0.1, 0.15) is 11.5 Å². The summed E-state index contributed by atoms with van der Waals surface area (Å²) in [5, 5.41) is 8.66. The molecule has 1 amide bonds. The second-order valence-corrected chi connectivity index (χ2v) is 6.29. The first-order chi connectivity index (χ1) is 12.5. The Bertz CT molecular complexity index is 909. The Morgan fingerprint density at radius 2 is 1.77 bits per heavy atom. The summed E-state index contributed by atoms with van der Waals surface area (Å²) in [6.07, 6.45) is 0. The molecule has 2 aromatic carbocycles. The van der Waals surface area contributed by atoms with Gasteiger partial charge < -0.3 is 14.8 Å². The van der Waals surface area contributed by atoms with Crippen LogP contribution in [0.1, 0.15) is 35.9 Å². The van der Waals surface area contributed by atoms with Crippen LogP contribution in [0.25, 0.3) is 10.9 Å². The van der Waals surface area contributed by atoms with Crippen molar-refractivity contribution in [2.24, 2.45) is 0 Å². The van der Waals surface area contributed by atoms with Crippen molar-refractivity contribution in [1.82, 2.24) is 15.1 Å². The van der Waals surface area contributed by atoms with Crippen LogP contribution in [0.2, 0.25) is 0 Å². The minimum absolute atomic E-state index is 0.203. The van der Waals surface area contributed by atoms with E-state index in [1.807, 2.05) is 28.9 Å². The molecule has 6 nitrogen and oxygen atoms in total. The maximum atomic E-state index is 12.6. The van der Waals surface area contributed by atoms with Crippen LogP contribution < -0.4 is 14.8 Å². The van der Waals surface area contributed by atoms with Crippen LogP contribution in [0.15, 0.2) is 42.5 Å². The molecule has 6 heteroatoms. The molecule has 0 aliphatic rings. The standard InChI is InChI=1S/C20H23N3O3/c1-13(2)23-19-8-6-5-7-17(19)18(22-23)12-21-20(24)14-9-15(25-3)11-16(10-14)26-4/h5-11,13H,12H2,1-4H3,(H,21,24). The summed E-state index contributed by atoms with van der Waals surface area (Å²) in [5.41, 5.74) is 2.39. The molecule has 1 heterocycles. The number of hydrogen-bond acceptors (Lipinski definition) is 4. The number of ether oxygens (including phenoxy) is 2. The molecule has 1 aromatic heterocycles. The molecule has 3 aromatic rings. The SMILES string of the molecule is COc1cc(OC)cc(C(=O)NCc2nn(C(C)C)c3ccccc23)c1. The third kappa shape index (κ3) is 3.49. The van der Waals surface area contributed by atoms with Crippen LogP contribution in [0.4, 0.5) is 0 Å². The molecule has 0 radical (unpaired) electrons. The van der Waals surface area contributed by atoms with Crippen molar-refractivity contribution in [2.75, 3.05) is 14.2 Å². The van der Waals surface area contributed by atoms with E-state index in [0.29, 0.717) is 23.6 Å². The van der Waals surface area contributed by atoms with E-state index < -0.39 is 0 Å². The number of benzene rings is 2. The summed E-state index contributed by atoms with van der Waals surface area (Å²) in [5.74, 6) is 0.943. The van der Waals surface area contributed by atoms with Gasteiger partial charge in [0.2, 0.25) is 0 Å². The normalized spacial score (nSPS) is 11.0. The maximum absolute atomic E-state index is 12.6. The average Bonchev–Trinajstić information content (AvgIpc) is 3.04. The number of rotatable bonds is 6. The number of carbonyl (C=O) groups excluding carboxylic acids is 1. The molecule has 1 N–H and O–H groups in total. The highest BCUT2D eigenvalue weighted by atomic mass is 16.5. The quantitative estimate of drug-likeness (QED) is 0.736. The molecule has 136 valence electrons. The van der Waals surface area contributed by atoms with Gasteiger partial charge in [0.25, 0.3) is 5.91 Å². The van der Waals surface area contributed by atoms with Gasteiger partial charge in [-0.1, -0.05) is 18.2 Å². The van der Waals surface area contributed by atoms with Crippen LogP contribution >= 0.6 is 0 Å². The van der Waals surface area contributed by atoms with E-state index in [-0.39, 0.29) is 11.9 Å². The highest BCUT2D eigenvalue weighted by molar-refractivity contribution is 5.95. The molecule has 0 aliphatic carbocycles. The molecule has 26 heavy (non-hydrogen) atoms. The molecular formula is C20H23N3O3. The van der Waals surface area contributed by atoms with Crippen molar-refractivity contribution in [3.05, 3.63) is 53.7 Å².